The molecule has 0 radical (unpaired) electrons. The molecule has 1 saturated carbocycles. The number of thioether (sulfide) groups is 1. The fourth-order valence-corrected chi connectivity index (χ4v) is 3.72. The highest BCUT2D eigenvalue weighted by atomic mass is 32.2. The number of hydrogen-bond acceptors (Lipinski definition) is 6. The molecule has 0 aliphatic heterocycles. The number of nitrogens with one attached hydrogen (secondary N) is 2. The van der Waals surface area contributed by atoms with Gasteiger partial charge in [-0.1, -0.05) is 29.8 Å². The number of benzene rings is 2. The molecule has 0 saturated heterocycles. The van der Waals surface area contributed by atoms with Crippen LogP contribution in [0.15, 0.2) is 48.5 Å². The summed E-state index contributed by atoms with van der Waals surface area (Å²) in [4.78, 5) is 24.8. The van der Waals surface area contributed by atoms with E-state index in [4.69, 9.17) is 0 Å². The topological polar surface area (TPSA) is 102 Å². The van der Waals surface area contributed by atoms with Gasteiger partial charge in [0.1, 0.15) is 0 Å². The summed E-state index contributed by atoms with van der Waals surface area (Å²) in [5.41, 5.74) is 3.40. The number of carbonyl (C=O) groups excluding carboxylic acids is 2. The van der Waals surface area contributed by atoms with Crippen molar-refractivity contribution in [2.75, 3.05) is 16.4 Å². The molecule has 1 aliphatic carbocycles. The van der Waals surface area contributed by atoms with Gasteiger partial charge in [0.25, 0.3) is 0 Å². The third-order valence-corrected chi connectivity index (χ3v) is 6.09. The second-order valence-electron chi connectivity index (χ2n) is 7.62. The number of hydrogen-bond donors (Lipinski definition) is 2. The van der Waals surface area contributed by atoms with E-state index in [0.717, 1.165) is 29.7 Å². The zero-order valence-corrected chi connectivity index (χ0v) is 18.2. The van der Waals surface area contributed by atoms with Crippen LogP contribution in [0.3, 0.4) is 0 Å². The molecule has 0 bridgehead atoms. The minimum atomic E-state index is -0.385. The number of amides is 2. The maximum absolute atomic E-state index is 12.6. The fraction of sp³-hybridized carbons (Fsp3) is 0.318. The second-order valence-corrected chi connectivity index (χ2v) is 8.94. The lowest BCUT2D eigenvalue weighted by Gasteiger charge is -2.13. The van der Waals surface area contributed by atoms with Crippen LogP contribution in [0.25, 0.3) is 11.4 Å². The van der Waals surface area contributed by atoms with Crippen LogP contribution < -0.4 is 10.6 Å². The first-order chi connectivity index (χ1) is 15.0. The summed E-state index contributed by atoms with van der Waals surface area (Å²) >= 11 is 1.29. The maximum Gasteiger partial charge on any atom is 0.237 e. The van der Waals surface area contributed by atoms with Crippen LogP contribution in [0.5, 0.6) is 0 Å². The lowest BCUT2D eigenvalue weighted by molar-refractivity contribution is -0.115. The molecule has 1 aromatic heterocycles. The average Bonchev–Trinajstić information content (AvgIpc) is 3.50. The molecular formula is C22H24N6O2S. The monoisotopic (exact) mass is 436 g/mol. The highest BCUT2D eigenvalue weighted by molar-refractivity contribution is 8.01. The van der Waals surface area contributed by atoms with Gasteiger partial charge in [-0.2, -0.15) is 0 Å². The van der Waals surface area contributed by atoms with E-state index in [1.165, 1.54) is 11.8 Å². The van der Waals surface area contributed by atoms with Gasteiger partial charge in [0.15, 0.2) is 5.82 Å². The van der Waals surface area contributed by atoms with E-state index in [1.807, 2.05) is 60.1 Å². The summed E-state index contributed by atoms with van der Waals surface area (Å²) in [6.45, 7) is 3.78. The highest BCUT2D eigenvalue weighted by Crippen LogP contribution is 2.36. The first-order valence-electron chi connectivity index (χ1n) is 10.2. The van der Waals surface area contributed by atoms with Gasteiger partial charge < -0.3 is 10.6 Å². The van der Waals surface area contributed by atoms with Gasteiger partial charge in [0, 0.05) is 16.9 Å². The number of aromatic nitrogens is 4. The molecule has 160 valence electrons. The number of tetrazole rings is 1. The molecule has 2 N–H and O–H groups in total. The third-order valence-electron chi connectivity index (χ3n) is 4.94. The number of aryl methyl sites for hydroxylation is 1. The average molecular weight is 437 g/mol. The summed E-state index contributed by atoms with van der Waals surface area (Å²) in [7, 11) is 0. The predicted molar refractivity (Wildman–Crippen MR) is 122 cm³/mol. The molecule has 0 spiro atoms. The summed E-state index contributed by atoms with van der Waals surface area (Å²) in [5.74, 6) is 0.599. The van der Waals surface area contributed by atoms with E-state index in [9.17, 15) is 9.59 Å². The molecule has 3 aromatic rings. The smallest absolute Gasteiger partial charge is 0.237 e. The van der Waals surface area contributed by atoms with Crippen molar-refractivity contribution in [3.63, 3.8) is 0 Å². The molecule has 4 rings (SSSR count). The lowest BCUT2D eigenvalue weighted by atomic mass is 10.2. The quantitative estimate of drug-likeness (QED) is 0.558. The largest absolute Gasteiger partial charge is 0.325 e. The van der Waals surface area contributed by atoms with Crippen molar-refractivity contribution in [2.24, 2.45) is 0 Å². The number of carbonyl (C=O) groups is 2. The van der Waals surface area contributed by atoms with E-state index < -0.39 is 0 Å². The Bertz CT molecular complexity index is 1080. The molecule has 8 nitrogen and oxygen atoms in total. The van der Waals surface area contributed by atoms with E-state index in [-0.39, 0.29) is 22.8 Å². The Morgan fingerprint density at radius 1 is 1.13 bits per heavy atom. The number of nitrogens with zero attached hydrogens (tertiary/aromatic N) is 4. The van der Waals surface area contributed by atoms with Gasteiger partial charge in [-0.3, -0.25) is 9.59 Å². The van der Waals surface area contributed by atoms with Crippen LogP contribution in [-0.2, 0) is 9.59 Å². The molecule has 1 unspecified atom stereocenters. The fourth-order valence-electron chi connectivity index (χ4n) is 3.04. The second kappa shape index (κ2) is 9.30. The van der Waals surface area contributed by atoms with E-state index in [1.54, 1.807) is 6.92 Å². The predicted octanol–water partition coefficient (Wildman–Crippen LogP) is 3.68. The molecule has 31 heavy (non-hydrogen) atoms. The standard InChI is InChI=1S/C22H24N6O2S/c1-14-6-8-17(9-7-14)23-20(29)13-31-15(2)22(30)24-18-5-3-4-16(12-18)21-25-26-27-28(21)19-10-11-19/h3-9,12,15,19H,10-11,13H2,1-2H3,(H,23,29)(H,24,30). The van der Waals surface area contributed by atoms with Crippen molar-refractivity contribution in [2.45, 2.75) is 38.0 Å². The molecule has 2 aromatic carbocycles. The van der Waals surface area contributed by atoms with Crippen molar-refractivity contribution < 1.29 is 9.59 Å². The van der Waals surface area contributed by atoms with Crippen LogP contribution in [0.4, 0.5) is 11.4 Å². The van der Waals surface area contributed by atoms with E-state index in [0.29, 0.717) is 17.6 Å². The van der Waals surface area contributed by atoms with Crippen molar-refractivity contribution in [3.8, 4) is 11.4 Å². The zero-order chi connectivity index (χ0) is 21.8. The highest BCUT2D eigenvalue weighted by Gasteiger charge is 2.28. The first kappa shape index (κ1) is 21.0. The van der Waals surface area contributed by atoms with Crippen LogP contribution in [0.1, 0.15) is 31.4 Å². The molecule has 2 amide bonds. The zero-order valence-electron chi connectivity index (χ0n) is 17.4. The van der Waals surface area contributed by atoms with Crippen molar-refractivity contribution in [1.82, 2.24) is 20.2 Å². The molecule has 1 heterocycles. The van der Waals surface area contributed by atoms with Crippen molar-refractivity contribution >= 4 is 35.0 Å². The molecule has 1 atom stereocenters. The van der Waals surface area contributed by atoms with Crippen molar-refractivity contribution in [1.29, 1.82) is 0 Å². The Morgan fingerprint density at radius 2 is 1.90 bits per heavy atom. The minimum absolute atomic E-state index is 0.137. The first-order valence-corrected chi connectivity index (χ1v) is 11.2. The summed E-state index contributed by atoms with van der Waals surface area (Å²) in [6, 6.07) is 15.5. The van der Waals surface area contributed by atoms with E-state index in [2.05, 4.69) is 26.2 Å². The van der Waals surface area contributed by atoms with Gasteiger partial charge in [0.2, 0.25) is 11.8 Å². The Balaban J connectivity index is 1.31. The number of rotatable bonds is 8. The molecule has 1 fully saturated rings. The Kier molecular flexibility index (Phi) is 6.31. The molecule has 1 aliphatic rings. The Labute approximate surface area is 184 Å². The summed E-state index contributed by atoms with van der Waals surface area (Å²) in [6.07, 6.45) is 2.17. The minimum Gasteiger partial charge on any atom is -0.325 e. The van der Waals surface area contributed by atoms with E-state index >= 15 is 0 Å². The van der Waals surface area contributed by atoms with Gasteiger partial charge >= 0.3 is 0 Å². The van der Waals surface area contributed by atoms with Gasteiger partial charge in [-0.15, -0.1) is 16.9 Å². The van der Waals surface area contributed by atoms with Gasteiger partial charge in [-0.25, -0.2) is 4.68 Å². The molecule has 9 heteroatoms. The van der Waals surface area contributed by atoms with Crippen LogP contribution >= 0.6 is 11.8 Å². The lowest BCUT2D eigenvalue weighted by Crippen LogP contribution is -2.25. The van der Waals surface area contributed by atoms with Crippen molar-refractivity contribution in [3.05, 3.63) is 54.1 Å². The molecular weight excluding hydrogens is 412 g/mol. The Morgan fingerprint density at radius 3 is 2.65 bits per heavy atom. The van der Waals surface area contributed by atoms with Crippen LogP contribution in [0, 0.1) is 6.92 Å². The number of anilines is 2. The third kappa shape index (κ3) is 5.49. The Hall–Kier alpha value is -3.20. The summed E-state index contributed by atoms with van der Waals surface area (Å²) < 4.78 is 1.84. The summed E-state index contributed by atoms with van der Waals surface area (Å²) in [5, 5.41) is 17.4. The van der Waals surface area contributed by atoms with Gasteiger partial charge in [0.05, 0.1) is 17.0 Å². The van der Waals surface area contributed by atoms with Crippen LogP contribution in [0.2, 0.25) is 0 Å². The van der Waals surface area contributed by atoms with Crippen LogP contribution in [-0.4, -0.2) is 43.0 Å². The SMILES string of the molecule is Cc1ccc(NC(=O)CSC(C)C(=O)Nc2cccc(-c3nnnn3C3CC3)c2)cc1. The van der Waals surface area contributed by atoms with Gasteiger partial charge in [-0.05, 0) is 61.4 Å². The maximum atomic E-state index is 12.6. The normalized spacial score (nSPS) is 14.1.